The molecule has 5 heteroatoms. The van der Waals surface area contributed by atoms with E-state index < -0.39 is 0 Å². The number of amides is 1. The number of aromatic nitrogens is 2. The van der Waals surface area contributed by atoms with E-state index in [0.29, 0.717) is 24.8 Å². The van der Waals surface area contributed by atoms with Crippen LogP contribution in [0.3, 0.4) is 0 Å². The second kappa shape index (κ2) is 5.12. The molecule has 0 saturated heterocycles. The molecule has 1 aromatic heterocycles. The number of hydrogen-bond acceptors (Lipinski definition) is 3. The summed E-state index contributed by atoms with van der Waals surface area (Å²) < 4.78 is 1.80. The average Bonchev–Trinajstić information content (AvgIpc) is 3.03. The van der Waals surface area contributed by atoms with E-state index in [-0.39, 0.29) is 5.91 Å². The predicted octanol–water partition coefficient (Wildman–Crippen LogP) is 1.54. The van der Waals surface area contributed by atoms with Gasteiger partial charge in [0.15, 0.2) is 0 Å². The molecule has 1 amide bonds. The van der Waals surface area contributed by atoms with Gasteiger partial charge in [0.2, 0.25) is 5.91 Å². The van der Waals surface area contributed by atoms with Gasteiger partial charge in [0.1, 0.15) is 0 Å². The molecule has 1 heterocycles. The second-order valence-corrected chi connectivity index (χ2v) is 5.09. The van der Waals surface area contributed by atoms with E-state index in [4.69, 9.17) is 0 Å². The molecule has 1 saturated carbocycles. The van der Waals surface area contributed by atoms with Gasteiger partial charge in [-0.05, 0) is 25.5 Å². The summed E-state index contributed by atoms with van der Waals surface area (Å²) >= 11 is 4.13. The Morgan fingerprint density at radius 2 is 2.35 bits per heavy atom. The molecule has 0 aromatic carbocycles. The SMILES string of the molecule is Cc1nn(C)cc1CN(C(=O)CCS)C1CC1. The maximum atomic E-state index is 12.0. The van der Waals surface area contributed by atoms with E-state index in [1.165, 1.54) is 0 Å². The van der Waals surface area contributed by atoms with Crippen LogP contribution in [-0.4, -0.2) is 32.4 Å². The fraction of sp³-hybridized carbons (Fsp3) is 0.667. The lowest BCUT2D eigenvalue weighted by Crippen LogP contribution is -2.32. The molecule has 0 spiro atoms. The molecular weight excluding hydrogens is 234 g/mol. The van der Waals surface area contributed by atoms with Gasteiger partial charge in [-0.25, -0.2) is 0 Å². The van der Waals surface area contributed by atoms with E-state index in [0.717, 1.165) is 24.1 Å². The van der Waals surface area contributed by atoms with Gasteiger partial charge in [-0.1, -0.05) is 0 Å². The van der Waals surface area contributed by atoms with Crippen LogP contribution in [0, 0.1) is 6.92 Å². The molecule has 1 aromatic rings. The minimum Gasteiger partial charge on any atom is -0.335 e. The first kappa shape index (κ1) is 12.5. The molecule has 0 radical (unpaired) electrons. The van der Waals surface area contributed by atoms with Crippen molar-refractivity contribution < 1.29 is 4.79 Å². The number of thiol groups is 1. The average molecular weight is 253 g/mol. The number of carbonyl (C=O) groups is 1. The smallest absolute Gasteiger partial charge is 0.223 e. The van der Waals surface area contributed by atoms with Crippen molar-refractivity contribution >= 4 is 18.5 Å². The number of carbonyl (C=O) groups excluding carboxylic acids is 1. The Kier molecular flexibility index (Phi) is 3.76. The van der Waals surface area contributed by atoms with Crippen molar-refractivity contribution in [1.29, 1.82) is 0 Å². The summed E-state index contributed by atoms with van der Waals surface area (Å²) in [6.45, 7) is 2.68. The Morgan fingerprint density at radius 1 is 1.65 bits per heavy atom. The van der Waals surface area contributed by atoms with Crippen molar-refractivity contribution in [3.8, 4) is 0 Å². The van der Waals surface area contributed by atoms with Crippen LogP contribution in [0.1, 0.15) is 30.5 Å². The van der Waals surface area contributed by atoms with Gasteiger partial charge in [-0.15, -0.1) is 0 Å². The summed E-state index contributed by atoms with van der Waals surface area (Å²) in [5.41, 5.74) is 2.16. The lowest BCUT2D eigenvalue weighted by molar-refractivity contribution is -0.131. The normalized spacial score (nSPS) is 15.0. The van der Waals surface area contributed by atoms with Crippen molar-refractivity contribution in [3.63, 3.8) is 0 Å². The van der Waals surface area contributed by atoms with Crippen molar-refractivity contribution in [2.24, 2.45) is 7.05 Å². The Hall–Kier alpha value is -0.970. The molecular formula is C12H19N3OS. The summed E-state index contributed by atoms with van der Waals surface area (Å²) in [6.07, 6.45) is 4.80. The Morgan fingerprint density at radius 3 is 2.82 bits per heavy atom. The Bertz CT molecular complexity index is 412. The van der Waals surface area contributed by atoms with Gasteiger partial charge < -0.3 is 4.90 Å². The fourth-order valence-electron chi connectivity index (χ4n) is 2.03. The topological polar surface area (TPSA) is 38.1 Å². The van der Waals surface area contributed by atoms with Crippen LogP contribution in [0.15, 0.2) is 6.20 Å². The third kappa shape index (κ3) is 3.03. The van der Waals surface area contributed by atoms with E-state index in [9.17, 15) is 4.79 Å². The molecule has 0 N–H and O–H groups in total. The van der Waals surface area contributed by atoms with Gasteiger partial charge in [-0.3, -0.25) is 9.48 Å². The highest BCUT2D eigenvalue weighted by atomic mass is 32.1. The van der Waals surface area contributed by atoms with Crippen LogP contribution < -0.4 is 0 Å². The zero-order chi connectivity index (χ0) is 12.4. The molecule has 4 nitrogen and oxygen atoms in total. The highest BCUT2D eigenvalue weighted by Crippen LogP contribution is 2.29. The maximum absolute atomic E-state index is 12.0. The highest BCUT2D eigenvalue weighted by Gasteiger charge is 2.32. The zero-order valence-electron chi connectivity index (χ0n) is 10.4. The van der Waals surface area contributed by atoms with Gasteiger partial charge in [0.25, 0.3) is 0 Å². The summed E-state index contributed by atoms with van der Waals surface area (Å²) in [7, 11) is 1.91. The summed E-state index contributed by atoms with van der Waals surface area (Å²) in [5.74, 6) is 0.833. The van der Waals surface area contributed by atoms with E-state index >= 15 is 0 Å². The number of aryl methyl sites for hydroxylation is 2. The fourth-order valence-corrected chi connectivity index (χ4v) is 2.23. The van der Waals surface area contributed by atoms with E-state index in [1.807, 2.05) is 25.1 Å². The van der Waals surface area contributed by atoms with Crippen LogP contribution in [0.4, 0.5) is 0 Å². The minimum absolute atomic E-state index is 0.214. The van der Waals surface area contributed by atoms with E-state index in [2.05, 4.69) is 17.7 Å². The van der Waals surface area contributed by atoms with Crippen LogP contribution in [0.2, 0.25) is 0 Å². The molecule has 0 bridgehead atoms. The number of rotatable bonds is 5. The molecule has 0 unspecified atom stereocenters. The second-order valence-electron chi connectivity index (χ2n) is 4.64. The van der Waals surface area contributed by atoms with Crippen LogP contribution >= 0.6 is 12.6 Å². The molecule has 1 aliphatic carbocycles. The summed E-state index contributed by atoms with van der Waals surface area (Å²) in [5, 5.41) is 4.31. The lowest BCUT2D eigenvalue weighted by Gasteiger charge is -2.21. The first-order valence-corrected chi connectivity index (χ1v) is 6.64. The molecule has 2 rings (SSSR count). The largest absolute Gasteiger partial charge is 0.335 e. The number of nitrogens with zero attached hydrogens (tertiary/aromatic N) is 3. The summed E-state index contributed by atoms with van der Waals surface area (Å²) in [6, 6.07) is 0.446. The first-order chi connectivity index (χ1) is 8.11. The Labute approximate surface area is 107 Å². The molecule has 94 valence electrons. The molecule has 0 atom stereocenters. The monoisotopic (exact) mass is 253 g/mol. The summed E-state index contributed by atoms with van der Waals surface area (Å²) in [4.78, 5) is 14.0. The van der Waals surface area contributed by atoms with Crippen LogP contribution in [-0.2, 0) is 18.4 Å². The molecule has 1 aliphatic rings. The van der Waals surface area contributed by atoms with Crippen molar-refractivity contribution in [2.45, 2.75) is 38.8 Å². The van der Waals surface area contributed by atoms with E-state index in [1.54, 1.807) is 4.68 Å². The number of hydrogen-bond donors (Lipinski definition) is 1. The van der Waals surface area contributed by atoms with Crippen molar-refractivity contribution in [3.05, 3.63) is 17.5 Å². The lowest BCUT2D eigenvalue weighted by atomic mass is 10.2. The molecule has 1 fully saturated rings. The third-order valence-electron chi connectivity index (χ3n) is 3.09. The van der Waals surface area contributed by atoms with Gasteiger partial charge in [0.05, 0.1) is 5.69 Å². The molecule has 17 heavy (non-hydrogen) atoms. The standard InChI is InChI=1S/C12H19N3OS/c1-9-10(7-14(2)13-9)8-15(11-3-4-11)12(16)5-6-17/h7,11,17H,3-6,8H2,1-2H3. The minimum atomic E-state index is 0.214. The van der Waals surface area contributed by atoms with Crippen molar-refractivity contribution in [1.82, 2.24) is 14.7 Å². The quantitative estimate of drug-likeness (QED) is 0.808. The predicted molar refractivity (Wildman–Crippen MR) is 70.0 cm³/mol. The van der Waals surface area contributed by atoms with Gasteiger partial charge >= 0.3 is 0 Å². The van der Waals surface area contributed by atoms with Crippen molar-refractivity contribution in [2.75, 3.05) is 5.75 Å². The van der Waals surface area contributed by atoms with Gasteiger partial charge in [-0.2, -0.15) is 17.7 Å². The molecule has 0 aliphatic heterocycles. The zero-order valence-corrected chi connectivity index (χ0v) is 11.3. The van der Waals surface area contributed by atoms with Crippen LogP contribution in [0.25, 0.3) is 0 Å². The highest BCUT2D eigenvalue weighted by molar-refractivity contribution is 7.80. The first-order valence-electron chi connectivity index (χ1n) is 6.01. The maximum Gasteiger partial charge on any atom is 0.223 e. The van der Waals surface area contributed by atoms with Gasteiger partial charge in [0, 0.05) is 37.8 Å². The Balaban J connectivity index is 2.07. The van der Waals surface area contributed by atoms with Crippen LogP contribution in [0.5, 0.6) is 0 Å². The third-order valence-corrected chi connectivity index (χ3v) is 3.31.